The Kier molecular flexibility index (Phi) is 6.70. The molecule has 1 saturated carbocycles. The number of hydrogen-bond acceptors (Lipinski definition) is 2. The standard InChI is InChI=1S/C12H25NS/c1-11-5-3-6-12(9-11)10-13-7-4-8-14-2/h11-13H,3-10H2,1-2H3. The van der Waals surface area contributed by atoms with Crippen molar-refractivity contribution in [2.75, 3.05) is 25.1 Å². The van der Waals surface area contributed by atoms with Crippen LogP contribution in [0.4, 0.5) is 0 Å². The molecular weight excluding hydrogens is 190 g/mol. The van der Waals surface area contributed by atoms with E-state index in [4.69, 9.17) is 0 Å². The minimum atomic E-state index is 0.966. The summed E-state index contributed by atoms with van der Waals surface area (Å²) in [6.45, 7) is 4.88. The van der Waals surface area contributed by atoms with E-state index in [0.717, 1.165) is 11.8 Å². The highest BCUT2D eigenvalue weighted by Gasteiger charge is 2.17. The summed E-state index contributed by atoms with van der Waals surface area (Å²) in [5.74, 6) is 3.24. The smallest absolute Gasteiger partial charge is 0.00204 e. The number of rotatable bonds is 6. The minimum Gasteiger partial charge on any atom is -0.316 e. The average molecular weight is 215 g/mol. The molecule has 0 radical (unpaired) electrons. The molecule has 0 aromatic heterocycles. The molecule has 2 heteroatoms. The quantitative estimate of drug-likeness (QED) is 0.683. The highest BCUT2D eigenvalue weighted by Crippen LogP contribution is 2.27. The monoisotopic (exact) mass is 215 g/mol. The third-order valence-electron chi connectivity index (χ3n) is 3.18. The van der Waals surface area contributed by atoms with Crippen LogP contribution in [-0.4, -0.2) is 25.1 Å². The van der Waals surface area contributed by atoms with Gasteiger partial charge in [0.15, 0.2) is 0 Å². The molecule has 0 spiro atoms. The second-order valence-electron chi connectivity index (χ2n) is 4.69. The third kappa shape index (κ3) is 5.26. The lowest BCUT2D eigenvalue weighted by atomic mass is 9.82. The van der Waals surface area contributed by atoms with Crippen LogP contribution < -0.4 is 5.32 Å². The van der Waals surface area contributed by atoms with Crippen molar-refractivity contribution < 1.29 is 0 Å². The van der Waals surface area contributed by atoms with Gasteiger partial charge in [-0.05, 0) is 56.2 Å². The van der Waals surface area contributed by atoms with Gasteiger partial charge in [0.2, 0.25) is 0 Å². The summed E-state index contributed by atoms with van der Waals surface area (Å²) in [5.41, 5.74) is 0. The van der Waals surface area contributed by atoms with Gasteiger partial charge in [-0.25, -0.2) is 0 Å². The first kappa shape index (κ1) is 12.4. The fraction of sp³-hybridized carbons (Fsp3) is 1.00. The number of hydrogen-bond donors (Lipinski definition) is 1. The minimum absolute atomic E-state index is 0.966. The zero-order valence-corrected chi connectivity index (χ0v) is 10.5. The molecule has 0 aliphatic heterocycles. The van der Waals surface area contributed by atoms with Crippen LogP contribution >= 0.6 is 11.8 Å². The topological polar surface area (TPSA) is 12.0 Å². The van der Waals surface area contributed by atoms with Gasteiger partial charge in [0.25, 0.3) is 0 Å². The van der Waals surface area contributed by atoms with Crippen molar-refractivity contribution in [3.8, 4) is 0 Å². The van der Waals surface area contributed by atoms with Crippen LogP contribution in [0.3, 0.4) is 0 Å². The van der Waals surface area contributed by atoms with Gasteiger partial charge in [-0.1, -0.05) is 19.8 Å². The van der Waals surface area contributed by atoms with Gasteiger partial charge in [0.05, 0.1) is 0 Å². The summed E-state index contributed by atoms with van der Waals surface area (Å²) in [6.07, 6.45) is 9.34. The summed E-state index contributed by atoms with van der Waals surface area (Å²) in [6, 6.07) is 0. The highest BCUT2D eigenvalue weighted by atomic mass is 32.2. The fourth-order valence-electron chi connectivity index (χ4n) is 2.39. The largest absolute Gasteiger partial charge is 0.316 e. The van der Waals surface area contributed by atoms with Crippen molar-refractivity contribution in [1.82, 2.24) is 5.32 Å². The van der Waals surface area contributed by atoms with Gasteiger partial charge in [-0.15, -0.1) is 0 Å². The van der Waals surface area contributed by atoms with Crippen LogP contribution in [0.25, 0.3) is 0 Å². The van der Waals surface area contributed by atoms with Crippen LogP contribution in [0.15, 0.2) is 0 Å². The van der Waals surface area contributed by atoms with E-state index >= 15 is 0 Å². The first-order valence-corrected chi connectivity index (χ1v) is 7.42. The third-order valence-corrected chi connectivity index (χ3v) is 3.88. The Bertz CT molecular complexity index is 138. The first-order chi connectivity index (χ1) is 6.83. The average Bonchev–Trinajstić information content (AvgIpc) is 2.18. The molecule has 0 bridgehead atoms. The molecule has 1 N–H and O–H groups in total. The Morgan fingerprint density at radius 2 is 2.21 bits per heavy atom. The normalized spacial score (nSPS) is 27.9. The molecule has 1 rings (SSSR count). The Hall–Kier alpha value is 0.310. The maximum Gasteiger partial charge on any atom is -0.00204 e. The van der Waals surface area contributed by atoms with E-state index in [2.05, 4.69) is 18.5 Å². The lowest BCUT2D eigenvalue weighted by Gasteiger charge is -2.26. The van der Waals surface area contributed by atoms with Crippen molar-refractivity contribution in [3.63, 3.8) is 0 Å². The Balaban J connectivity index is 1.95. The van der Waals surface area contributed by atoms with Crippen LogP contribution in [0.5, 0.6) is 0 Å². The van der Waals surface area contributed by atoms with E-state index in [1.165, 1.54) is 50.9 Å². The van der Waals surface area contributed by atoms with Crippen molar-refractivity contribution in [1.29, 1.82) is 0 Å². The molecular formula is C12H25NS. The molecule has 2 atom stereocenters. The molecule has 84 valence electrons. The lowest BCUT2D eigenvalue weighted by molar-refractivity contribution is 0.275. The Morgan fingerprint density at radius 3 is 2.93 bits per heavy atom. The molecule has 0 amide bonds. The van der Waals surface area contributed by atoms with Gasteiger partial charge >= 0.3 is 0 Å². The van der Waals surface area contributed by atoms with Crippen molar-refractivity contribution >= 4 is 11.8 Å². The molecule has 1 aliphatic rings. The lowest BCUT2D eigenvalue weighted by Crippen LogP contribution is -2.27. The molecule has 14 heavy (non-hydrogen) atoms. The van der Waals surface area contributed by atoms with Crippen molar-refractivity contribution in [2.24, 2.45) is 11.8 Å². The van der Waals surface area contributed by atoms with E-state index < -0.39 is 0 Å². The zero-order valence-electron chi connectivity index (χ0n) is 9.72. The predicted molar refractivity (Wildman–Crippen MR) is 67.0 cm³/mol. The maximum atomic E-state index is 3.60. The van der Waals surface area contributed by atoms with Gasteiger partial charge < -0.3 is 5.32 Å². The number of thioether (sulfide) groups is 1. The molecule has 0 saturated heterocycles. The van der Waals surface area contributed by atoms with Crippen LogP contribution in [-0.2, 0) is 0 Å². The summed E-state index contributed by atoms with van der Waals surface area (Å²) in [4.78, 5) is 0. The summed E-state index contributed by atoms with van der Waals surface area (Å²) in [7, 11) is 0. The molecule has 2 unspecified atom stereocenters. The molecule has 0 heterocycles. The van der Waals surface area contributed by atoms with Gasteiger partial charge in [0, 0.05) is 0 Å². The van der Waals surface area contributed by atoms with E-state index in [-0.39, 0.29) is 0 Å². The van der Waals surface area contributed by atoms with Crippen molar-refractivity contribution in [2.45, 2.75) is 39.0 Å². The van der Waals surface area contributed by atoms with E-state index in [0.29, 0.717) is 0 Å². The molecule has 1 nitrogen and oxygen atoms in total. The first-order valence-electron chi connectivity index (χ1n) is 6.02. The van der Waals surface area contributed by atoms with Crippen LogP contribution in [0.1, 0.15) is 39.0 Å². The van der Waals surface area contributed by atoms with Gasteiger partial charge in [-0.3, -0.25) is 0 Å². The van der Waals surface area contributed by atoms with Crippen LogP contribution in [0, 0.1) is 11.8 Å². The van der Waals surface area contributed by atoms with Gasteiger partial charge in [-0.2, -0.15) is 11.8 Å². The van der Waals surface area contributed by atoms with Crippen molar-refractivity contribution in [3.05, 3.63) is 0 Å². The zero-order chi connectivity index (χ0) is 10.2. The Labute approximate surface area is 93.4 Å². The highest BCUT2D eigenvalue weighted by molar-refractivity contribution is 7.98. The van der Waals surface area contributed by atoms with E-state index in [1.807, 2.05) is 11.8 Å². The Morgan fingerprint density at radius 1 is 1.36 bits per heavy atom. The number of nitrogens with one attached hydrogen (secondary N) is 1. The van der Waals surface area contributed by atoms with E-state index in [9.17, 15) is 0 Å². The molecule has 0 aromatic carbocycles. The maximum absolute atomic E-state index is 3.60. The van der Waals surface area contributed by atoms with Gasteiger partial charge in [0.1, 0.15) is 0 Å². The summed E-state index contributed by atoms with van der Waals surface area (Å²) >= 11 is 1.95. The predicted octanol–water partition coefficient (Wildman–Crippen LogP) is 3.16. The SMILES string of the molecule is CSCCCNCC1CCCC(C)C1. The fourth-order valence-corrected chi connectivity index (χ4v) is 2.83. The molecule has 0 aromatic rings. The second kappa shape index (κ2) is 7.58. The summed E-state index contributed by atoms with van der Waals surface area (Å²) < 4.78 is 0. The summed E-state index contributed by atoms with van der Waals surface area (Å²) in [5, 5.41) is 3.60. The second-order valence-corrected chi connectivity index (χ2v) is 5.67. The molecule has 1 fully saturated rings. The molecule has 1 aliphatic carbocycles. The van der Waals surface area contributed by atoms with Crippen LogP contribution in [0.2, 0.25) is 0 Å². The van der Waals surface area contributed by atoms with E-state index in [1.54, 1.807) is 0 Å².